The molecule has 1 fully saturated rings. The number of β-lactam (4-membered cyclic amide) rings is 1. The molecule has 2 atom stereocenters. The summed E-state index contributed by atoms with van der Waals surface area (Å²) >= 11 is 8.34. The molecular formula is C19H21N7O3S3. The molecule has 168 valence electrons. The summed E-state index contributed by atoms with van der Waals surface area (Å²) in [6, 6.07) is 7.20. The molecule has 1 amide bonds. The van der Waals surface area contributed by atoms with E-state index >= 15 is 0 Å². The molecule has 3 heterocycles. The van der Waals surface area contributed by atoms with Crippen LogP contribution in [-0.2, 0) is 29.6 Å². The summed E-state index contributed by atoms with van der Waals surface area (Å²) in [5.41, 5.74) is 8.51. The third-order valence-corrected chi connectivity index (χ3v) is 7.91. The fourth-order valence-corrected chi connectivity index (χ4v) is 6.23. The van der Waals surface area contributed by atoms with Gasteiger partial charge in [-0.25, -0.2) is 9.48 Å². The van der Waals surface area contributed by atoms with Gasteiger partial charge in [0.15, 0.2) is 0 Å². The van der Waals surface area contributed by atoms with Crippen LogP contribution in [0.15, 0.2) is 40.7 Å². The molecule has 10 nitrogen and oxygen atoms in total. The first-order chi connectivity index (χ1) is 15.4. The fraction of sp³-hybridized carbons (Fsp3) is 0.368. The molecule has 2 aromatic rings. The van der Waals surface area contributed by atoms with E-state index in [9.17, 15) is 14.7 Å². The van der Waals surface area contributed by atoms with E-state index in [1.54, 1.807) is 7.05 Å². The van der Waals surface area contributed by atoms with Crippen LogP contribution in [0.4, 0.5) is 0 Å². The molecule has 32 heavy (non-hydrogen) atoms. The number of rotatable bonds is 8. The summed E-state index contributed by atoms with van der Waals surface area (Å²) in [7, 11) is 1.71. The molecule has 4 rings (SSSR count). The zero-order valence-corrected chi connectivity index (χ0v) is 19.5. The largest absolute Gasteiger partial charge is 0.477 e. The quantitative estimate of drug-likeness (QED) is 0.271. The molecular weight excluding hydrogens is 470 g/mol. The average molecular weight is 492 g/mol. The minimum Gasteiger partial charge on any atom is -0.477 e. The van der Waals surface area contributed by atoms with Crippen LogP contribution in [0.3, 0.4) is 0 Å². The van der Waals surface area contributed by atoms with Crippen molar-refractivity contribution in [3.8, 4) is 0 Å². The number of carbonyl (C=O) groups excluding carboxylic acids is 1. The number of nitrogens with one attached hydrogen (secondary N) is 1. The van der Waals surface area contributed by atoms with Crippen LogP contribution in [0.2, 0.25) is 0 Å². The van der Waals surface area contributed by atoms with E-state index in [2.05, 4.69) is 20.8 Å². The van der Waals surface area contributed by atoms with E-state index in [0.717, 1.165) is 11.1 Å². The number of aromatic nitrogens is 4. The molecule has 1 aromatic carbocycles. The molecule has 1 unspecified atom stereocenters. The molecule has 2 aliphatic heterocycles. The number of thioether (sulfide) groups is 2. The number of carbonyl (C=O) groups is 2. The topological polar surface area (TPSA) is 139 Å². The van der Waals surface area contributed by atoms with Crippen LogP contribution in [0.1, 0.15) is 11.1 Å². The van der Waals surface area contributed by atoms with Gasteiger partial charge in [-0.3, -0.25) is 9.69 Å². The zero-order chi connectivity index (χ0) is 22.8. The number of aryl methyl sites for hydroxylation is 1. The third kappa shape index (κ3) is 4.37. The summed E-state index contributed by atoms with van der Waals surface area (Å²) in [5.74, 6) is -0.536. The fourth-order valence-electron chi connectivity index (χ4n) is 3.62. The Morgan fingerprint density at radius 1 is 1.41 bits per heavy atom. The van der Waals surface area contributed by atoms with Gasteiger partial charge in [0.1, 0.15) is 17.1 Å². The zero-order valence-electron chi connectivity index (χ0n) is 17.1. The first-order valence-corrected chi connectivity index (χ1v) is 12.2. The maximum atomic E-state index is 12.9. The van der Waals surface area contributed by atoms with E-state index in [1.165, 1.54) is 33.1 Å². The van der Waals surface area contributed by atoms with Crippen molar-refractivity contribution >= 4 is 52.6 Å². The highest BCUT2D eigenvalue weighted by Crippen LogP contribution is 2.41. The number of carboxylic acid groups (broad SMARTS) is 1. The predicted octanol–water partition coefficient (Wildman–Crippen LogP) is 0.543. The van der Waals surface area contributed by atoms with Crippen molar-refractivity contribution < 1.29 is 14.7 Å². The van der Waals surface area contributed by atoms with Gasteiger partial charge >= 0.3 is 5.97 Å². The molecule has 2 aliphatic rings. The van der Waals surface area contributed by atoms with Crippen molar-refractivity contribution in [2.24, 2.45) is 12.8 Å². The van der Waals surface area contributed by atoms with Gasteiger partial charge in [0.2, 0.25) is 5.16 Å². The molecule has 0 aliphatic carbocycles. The maximum absolute atomic E-state index is 12.9. The lowest BCUT2D eigenvalue weighted by molar-refractivity contribution is -0.148. The number of carboxylic acids is 1. The van der Waals surface area contributed by atoms with Gasteiger partial charge in [-0.1, -0.05) is 48.2 Å². The highest BCUT2D eigenvalue weighted by molar-refractivity contribution is 8.01. The van der Waals surface area contributed by atoms with E-state index in [0.29, 0.717) is 40.2 Å². The summed E-state index contributed by atoms with van der Waals surface area (Å²) in [6.07, 6.45) is 0.471. The molecule has 0 spiro atoms. The Hall–Kier alpha value is -2.48. The summed E-state index contributed by atoms with van der Waals surface area (Å²) in [6.45, 7) is 0.408. The SMILES string of the molecule is Cn1nnnc1SCC1=C(C(=O)O)N2C(=O)C(NC(=S)Cc3ccccc3CN)[C@H]2SC1. The van der Waals surface area contributed by atoms with Gasteiger partial charge in [0.25, 0.3) is 5.91 Å². The van der Waals surface area contributed by atoms with Crippen molar-refractivity contribution in [3.05, 3.63) is 46.7 Å². The first-order valence-electron chi connectivity index (χ1n) is 9.72. The number of amides is 1. The average Bonchev–Trinajstić information content (AvgIpc) is 3.20. The molecule has 4 N–H and O–H groups in total. The Balaban J connectivity index is 1.44. The lowest BCUT2D eigenvalue weighted by atomic mass is 10.0. The highest BCUT2D eigenvalue weighted by atomic mass is 32.2. The van der Waals surface area contributed by atoms with Gasteiger partial charge in [-0.15, -0.1) is 16.9 Å². The molecule has 1 aromatic heterocycles. The van der Waals surface area contributed by atoms with Crippen LogP contribution < -0.4 is 11.1 Å². The van der Waals surface area contributed by atoms with Crippen LogP contribution in [0.25, 0.3) is 0 Å². The highest BCUT2D eigenvalue weighted by Gasteiger charge is 2.53. The Labute approximate surface area is 198 Å². The number of hydrogen-bond acceptors (Lipinski definition) is 9. The molecule has 0 saturated carbocycles. The van der Waals surface area contributed by atoms with Crippen molar-refractivity contribution in [1.82, 2.24) is 30.4 Å². The number of thiocarbonyl (C=S) groups is 1. The maximum Gasteiger partial charge on any atom is 0.352 e. The van der Waals surface area contributed by atoms with E-state index in [1.807, 2.05) is 24.3 Å². The van der Waals surface area contributed by atoms with Gasteiger partial charge in [-0.05, 0) is 27.1 Å². The number of aliphatic carboxylic acids is 1. The first kappa shape index (κ1) is 22.7. The normalized spacial score (nSPS) is 20.1. The second-order valence-electron chi connectivity index (χ2n) is 7.24. The monoisotopic (exact) mass is 491 g/mol. The van der Waals surface area contributed by atoms with Crippen LogP contribution >= 0.6 is 35.7 Å². The van der Waals surface area contributed by atoms with Crippen LogP contribution in [-0.4, -0.2) is 70.0 Å². The number of hydrogen-bond donors (Lipinski definition) is 3. The minimum atomic E-state index is -1.12. The summed E-state index contributed by atoms with van der Waals surface area (Å²) in [5, 5.41) is 24.4. The number of nitrogens with zero attached hydrogens (tertiary/aromatic N) is 5. The molecule has 13 heteroatoms. The lowest BCUT2D eigenvalue weighted by Gasteiger charge is -2.49. The van der Waals surface area contributed by atoms with E-state index < -0.39 is 12.0 Å². The molecule has 0 bridgehead atoms. The van der Waals surface area contributed by atoms with Crippen molar-refractivity contribution in [2.45, 2.75) is 29.5 Å². The third-order valence-electron chi connectivity index (χ3n) is 5.21. The van der Waals surface area contributed by atoms with Crippen LogP contribution in [0, 0.1) is 0 Å². The second-order valence-corrected chi connectivity index (χ2v) is 9.78. The van der Waals surface area contributed by atoms with Crippen LogP contribution in [0.5, 0.6) is 0 Å². The molecule has 1 saturated heterocycles. The number of fused-ring (bicyclic) bond motifs is 1. The van der Waals surface area contributed by atoms with Crippen molar-refractivity contribution in [3.63, 3.8) is 0 Å². The van der Waals surface area contributed by atoms with Crippen molar-refractivity contribution in [1.29, 1.82) is 0 Å². The van der Waals surface area contributed by atoms with Gasteiger partial charge < -0.3 is 16.2 Å². The Bertz CT molecular complexity index is 1100. The van der Waals surface area contributed by atoms with E-state index in [-0.39, 0.29) is 17.0 Å². The Morgan fingerprint density at radius 3 is 2.81 bits per heavy atom. The smallest absolute Gasteiger partial charge is 0.352 e. The molecule has 0 radical (unpaired) electrons. The van der Waals surface area contributed by atoms with Gasteiger partial charge in [0, 0.05) is 31.5 Å². The number of benzene rings is 1. The summed E-state index contributed by atoms with van der Waals surface area (Å²) < 4.78 is 1.52. The number of tetrazole rings is 1. The predicted molar refractivity (Wildman–Crippen MR) is 125 cm³/mol. The van der Waals surface area contributed by atoms with Gasteiger partial charge in [-0.2, -0.15) is 0 Å². The Morgan fingerprint density at radius 2 is 2.16 bits per heavy atom. The number of nitrogens with two attached hydrogens (primary N) is 1. The standard InChI is InChI=1S/C19H21N7O3S3/c1-25-19(22-23-24-25)32-9-12-8-31-17-14(16(27)26(17)15(12)18(28)29)21-13(30)6-10-4-2-3-5-11(10)7-20/h2-5,14,17H,6-9,20H2,1H3,(H,21,30)(H,28,29)/t14?,17-/m1/s1. The minimum absolute atomic E-state index is 0.0406. The van der Waals surface area contributed by atoms with Crippen molar-refractivity contribution in [2.75, 3.05) is 11.5 Å². The van der Waals surface area contributed by atoms with E-state index in [4.69, 9.17) is 18.0 Å². The Kier molecular flexibility index (Phi) is 6.79. The summed E-state index contributed by atoms with van der Waals surface area (Å²) in [4.78, 5) is 26.8. The lowest BCUT2D eigenvalue weighted by Crippen LogP contribution is -2.70. The van der Waals surface area contributed by atoms with Gasteiger partial charge in [0.05, 0.1) is 4.99 Å². The second kappa shape index (κ2) is 9.57.